The summed E-state index contributed by atoms with van der Waals surface area (Å²) < 4.78 is 0. The van der Waals surface area contributed by atoms with Gasteiger partial charge in [0.25, 0.3) is 0 Å². The summed E-state index contributed by atoms with van der Waals surface area (Å²) >= 11 is 0. The number of likely N-dealkylation sites (tertiary alicyclic amines) is 1. The Morgan fingerprint density at radius 1 is 1.33 bits per heavy atom. The zero-order chi connectivity index (χ0) is 13.8. The first-order chi connectivity index (χ1) is 8.28. The highest BCUT2D eigenvalue weighted by molar-refractivity contribution is 5.81. The minimum Gasteiger partial charge on any atom is -0.370 e. The van der Waals surface area contributed by atoms with Crippen LogP contribution in [-0.4, -0.2) is 47.9 Å². The molecule has 1 saturated heterocycles. The summed E-state index contributed by atoms with van der Waals surface area (Å²) in [5, 5.41) is 2.83. The standard InChI is InChI=1S/C12H24N4O2/c1-12(2,7-10(14)17)15-11(18)8-16-5-3-9(13)4-6-16/h9H,3-8,13H2,1-2H3,(H2,14,17)(H,15,18). The van der Waals surface area contributed by atoms with Gasteiger partial charge in [-0.2, -0.15) is 0 Å². The van der Waals surface area contributed by atoms with Crippen molar-refractivity contribution in [3.8, 4) is 0 Å². The van der Waals surface area contributed by atoms with Crippen molar-refractivity contribution in [2.24, 2.45) is 11.5 Å². The topological polar surface area (TPSA) is 101 Å². The van der Waals surface area contributed by atoms with Gasteiger partial charge in [-0.3, -0.25) is 14.5 Å². The normalized spacial score (nSPS) is 18.6. The quantitative estimate of drug-likeness (QED) is 0.598. The molecule has 6 heteroatoms. The third-order valence-electron chi connectivity index (χ3n) is 3.09. The van der Waals surface area contributed by atoms with E-state index in [4.69, 9.17) is 11.5 Å². The zero-order valence-electron chi connectivity index (χ0n) is 11.2. The molecule has 1 aliphatic rings. The van der Waals surface area contributed by atoms with Crippen molar-refractivity contribution in [2.75, 3.05) is 19.6 Å². The number of hydrogen-bond acceptors (Lipinski definition) is 4. The number of rotatable bonds is 5. The van der Waals surface area contributed by atoms with Crippen LogP contribution >= 0.6 is 0 Å². The molecule has 0 saturated carbocycles. The van der Waals surface area contributed by atoms with E-state index in [1.165, 1.54) is 0 Å². The SMILES string of the molecule is CC(C)(CC(N)=O)NC(=O)CN1CCC(N)CC1. The molecule has 0 aromatic carbocycles. The first-order valence-corrected chi connectivity index (χ1v) is 6.36. The minimum atomic E-state index is -0.588. The fourth-order valence-corrected chi connectivity index (χ4v) is 2.21. The molecule has 0 unspecified atom stereocenters. The Morgan fingerprint density at radius 3 is 2.39 bits per heavy atom. The van der Waals surface area contributed by atoms with Crippen LogP contribution in [0.2, 0.25) is 0 Å². The van der Waals surface area contributed by atoms with Crippen molar-refractivity contribution in [2.45, 2.75) is 44.7 Å². The average Bonchev–Trinajstić information content (AvgIpc) is 2.18. The zero-order valence-corrected chi connectivity index (χ0v) is 11.2. The lowest BCUT2D eigenvalue weighted by atomic mass is 10.00. The molecular weight excluding hydrogens is 232 g/mol. The van der Waals surface area contributed by atoms with Gasteiger partial charge in [-0.15, -0.1) is 0 Å². The summed E-state index contributed by atoms with van der Waals surface area (Å²) in [6.07, 6.45) is 2.00. The van der Waals surface area contributed by atoms with Crippen molar-refractivity contribution in [3.63, 3.8) is 0 Å². The molecule has 1 heterocycles. The lowest BCUT2D eigenvalue weighted by Crippen LogP contribution is -2.51. The van der Waals surface area contributed by atoms with Crippen LogP contribution < -0.4 is 16.8 Å². The molecule has 0 radical (unpaired) electrons. The van der Waals surface area contributed by atoms with Crippen LogP contribution in [0.1, 0.15) is 33.1 Å². The van der Waals surface area contributed by atoms with Gasteiger partial charge in [-0.05, 0) is 26.7 Å². The summed E-state index contributed by atoms with van der Waals surface area (Å²) in [4.78, 5) is 24.8. The summed E-state index contributed by atoms with van der Waals surface area (Å²) in [5.41, 5.74) is 10.4. The number of hydrogen-bond donors (Lipinski definition) is 3. The Bertz CT molecular complexity index is 309. The fraction of sp³-hybridized carbons (Fsp3) is 0.833. The third-order valence-corrected chi connectivity index (χ3v) is 3.09. The predicted molar refractivity (Wildman–Crippen MR) is 69.7 cm³/mol. The van der Waals surface area contributed by atoms with Gasteiger partial charge >= 0.3 is 0 Å². The molecule has 18 heavy (non-hydrogen) atoms. The highest BCUT2D eigenvalue weighted by Gasteiger charge is 2.24. The van der Waals surface area contributed by atoms with E-state index in [1.54, 1.807) is 13.8 Å². The number of carbonyl (C=O) groups is 2. The van der Waals surface area contributed by atoms with E-state index in [2.05, 4.69) is 10.2 Å². The molecule has 1 aliphatic heterocycles. The number of carbonyl (C=O) groups excluding carboxylic acids is 2. The van der Waals surface area contributed by atoms with E-state index in [-0.39, 0.29) is 18.4 Å². The molecule has 104 valence electrons. The fourth-order valence-electron chi connectivity index (χ4n) is 2.21. The van der Waals surface area contributed by atoms with Crippen LogP contribution in [0.25, 0.3) is 0 Å². The first-order valence-electron chi connectivity index (χ1n) is 6.36. The van der Waals surface area contributed by atoms with Gasteiger partial charge in [0.15, 0.2) is 0 Å². The van der Waals surface area contributed by atoms with E-state index in [0.717, 1.165) is 25.9 Å². The molecule has 6 nitrogen and oxygen atoms in total. The molecule has 0 spiro atoms. The predicted octanol–water partition coefficient (Wildman–Crippen LogP) is -0.820. The second-order valence-electron chi connectivity index (χ2n) is 5.69. The molecule has 5 N–H and O–H groups in total. The van der Waals surface area contributed by atoms with Crippen LogP contribution in [0.4, 0.5) is 0 Å². The van der Waals surface area contributed by atoms with Gasteiger partial charge in [0.05, 0.1) is 6.54 Å². The highest BCUT2D eigenvalue weighted by Crippen LogP contribution is 2.10. The maximum Gasteiger partial charge on any atom is 0.234 e. The van der Waals surface area contributed by atoms with E-state index < -0.39 is 11.4 Å². The monoisotopic (exact) mass is 256 g/mol. The van der Waals surface area contributed by atoms with Crippen LogP contribution in [0.15, 0.2) is 0 Å². The second kappa shape index (κ2) is 6.15. The first kappa shape index (κ1) is 14.9. The highest BCUT2D eigenvalue weighted by atomic mass is 16.2. The van der Waals surface area contributed by atoms with Crippen molar-refractivity contribution in [3.05, 3.63) is 0 Å². The number of primary amides is 1. The molecule has 0 aliphatic carbocycles. The smallest absolute Gasteiger partial charge is 0.234 e. The van der Waals surface area contributed by atoms with E-state index in [9.17, 15) is 9.59 Å². The lowest BCUT2D eigenvalue weighted by Gasteiger charge is -2.31. The van der Waals surface area contributed by atoms with Gasteiger partial charge in [0.1, 0.15) is 0 Å². The van der Waals surface area contributed by atoms with Crippen LogP contribution in [0.5, 0.6) is 0 Å². The third kappa shape index (κ3) is 5.46. The van der Waals surface area contributed by atoms with Crippen LogP contribution in [-0.2, 0) is 9.59 Å². The van der Waals surface area contributed by atoms with E-state index in [1.807, 2.05) is 0 Å². The summed E-state index contributed by atoms with van der Waals surface area (Å²) in [6, 6.07) is 0.260. The van der Waals surface area contributed by atoms with Crippen LogP contribution in [0.3, 0.4) is 0 Å². The lowest BCUT2D eigenvalue weighted by molar-refractivity contribution is -0.125. The largest absolute Gasteiger partial charge is 0.370 e. The molecule has 1 rings (SSSR count). The molecular formula is C12H24N4O2. The van der Waals surface area contributed by atoms with Gasteiger partial charge in [-0.1, -0.05) is 0 Å². The van der Waals surface area contributed by atoms with Gasteiger partial charge < -0.3 is 16.8 Å². The Morgan fingerprint density at radius 2 is 1.89 bits per heavy atom. The van der Waals surface area contributed by atoms with Gasteiger partial charge in [0, 0.05) is 31.1 Å². The summed E-state index contributed by atoms with van der Waals surface area (Å²) in [6.45, 7) is 5.65. The van der Waals surface area contributed by atoms with Crippen molar-refractivity contribution < 1.29 is 9.59 Å². The number of nitrogens with one attached hydrogen (secondary N) is 1. The summed E-state index contributed by atoms with van der Waals surface area (Å²) in [5.74, 6) is -0.485. The molecule has 0 aromatic heterocycles. The maximum atomic E-state index is 11.9. The van der Waals surface area contributed by atoms with Crippen molar-refractivity contribution in [1.29, 1.82) is 0 Å². The second-order valence-corrected chi connectivity index (χ2v) is 5.69. The average molecular weight is 256 g/mol. The Balaban J connectivity index is 2.35. The van der Waals surface area contributed by atoms with Crippen molar-refractivity contribution in [1.82, 2.24) is 10.2 Å². The molecule has 2 amide bonds. The molecule has 0 bridgehead atoms. The van der Waals surface area contributed by atoms with Gasteiger partial charge in [-0.25, -0.2) is 0 Å². The Kier molecular flexibility index (Phi) is 5.10. The van der Waals surface area contributed by atoms with E-state index in [0.29, 0.717) is 6.54 Å². The Hall–Kier alpha value is -1.14. The molecule has 0 aromatic rings. The maximum absolute atomic E-state index is 11.9. The molecule has 0 atom stereocenters. The van der Waals surface area contributed by atoms with Gasteiger partial charge in [0.2, 0.25) is 11.8 Å². The number of piperidine rings is 1. The molecule has 1 fully saturated rings. The van der Waals surface area contributed by atoms with E-state index >= 15 is 0 Å². The van der Waals surface area contributed by atoms with Crippen LogP contribution in [0, 0.1) is 0 Å². The number of nitrogens with zero attached hydrogens (tertiary/aromatic N) is 1. The number of nitrogens with two attached hydrogens (primary N) is 2. The summed E-state index contributed by atoms with van der Waals surface area (Å²) in [7, 11) is 0. The van der Waals surface area contributed by atoms with Crippen molar-refractivity contribution >= 4 is 11.8 Å². The minimum absolute atomic E-state index is 0.0725. The number of amides is 2. The Labute approximate surface area is 108 Å².